The molecular weight excluding hydrogens is 244 g/mol. The Labute approximate surface area is 103 Å². The van der Waals surface area contributed by atoms with Gasteiger partial charge in [0.2, 0.25) is 0 Å². The van der Waals surface area contributed by atoms with E-state index in [1.165, 1.54) is 0 Å². The topological polar surface area (TPSA) is 144 Å². The van der Waals surface area contributed by atoms with Crippen LogP contribution in [0.15, 0.2) is 24.8 Å². The predicted octanol–water partition coefficient (Wildman–Crippen LogP) is -2.90. The molecule has 5 N–H and O–H groups in total. The van der Waals surface area contributed by atoms with Crippen molar-refractivity contribution in [2.45, 2.75) is 18.3 Å². The van der Waals surface area contributed by atoms with Gasteiger partial charge in [0.05, 0.1) is 6.61 Å². The Morgan fingerprint density at radius 1 is 1.00 bits per heavy atom. The first-order valence-corrected chi connectivity index (χ1v) is 5.03. The van der Waals surface area contributed by atoms with E-state index in [2.05, 4.69) is 9.97 Å². The van der Waals surface area contributed by atoms with E-state index in [1.54, 1.807) is 24.8 Å². The van der Waals surface area contributed by atoms with Gasteiger partial charge >= 0.3 is 0 Å². The molecule has 0 saturated carbocycles. The lowest BCUT2D eigenvalue weighted by atomic mass is 10.1. The number of carbonyl (C=O) groups is 1. The second-order valence-electron chi connectivity index (χ2n) is 3.20. The minimum Gasteiger partial charge on any atom is -0.394 e. The minimum absolute atomic E-state index is 0.767. The number of nitrogens with zero attached hydrogens (tertiary/aromatic N) is 2. The standard InChI is InChI=1S/C6H12O6.C4H4N2/c7-1-3(9)5(11)6(12)4(10)2-8;1-2-6-4-3-5-1/h3,5-9,11-12H,1-2H2;1-4H. The van der Waals surface area contributed by atoms with E-state index >= 15 is 0 Å². The highest BCUT2D eigenvalue weighted by Crippen LogP contribution is 2.00. The van der Waals surface area contributed by atoms with Crippen LogP contribution in [0.2, 0.25) is 0 Å². The van der Waals surface area contributed by atoms with E-state index < -0.39 is 37.3 Å². The van der Waals surface area contributed by atoms with Gasteiger partial charge in [0, 0.05) is 24.8 Å². The first-order chi connectivity index (χ1) is 8.54. The highest BCUT2D eigenvalue weighted by atomic mass is 16.4. The van der Waals surface area contributed by atoms with Crippen LogP contribution >= 0.6 is 0 Å². The molecular formula is C10H16N2O6. The van der Waals surface area contributed by atoms with Crippen LogP contribution in [0.3, 0.4) is 0 Å². The van der Waals surface area contributed by atoms with E-state index in [0.717, 1.165) is 0 Å². The Hall–Kier alpha value is -1.45. The number of carbonyl (C=O) groups excluding carboxylic acids is 1. The van der Waals surface area contributed by atoms with Gasteiger partial charge in [-0.1, -0.05) is 0 Å². The molecule has 1 aromatic heterocycles. The molecule has 0 aliphatic carbocycles. The van der Waals surface area contributed by atoms with Crippen molar-refractivity contribution in [1.29, 1.82) is 0 Å². The summed E-state index contributed by atoms with van der Waals surface area (Å²) in [5.41, 5.74) is 0. The molecule has 8 heteroatoms. The van der Waals surface area contributed by atoms with Gasteiger partial charge in [-0.3, -0.25) is 14.8 Å². The fraction of sp³-hybridized carbons (Fsp3) is 0.500. The molecule has 1 aromatic rings. The molecule has 3 unspecified atom stereocenters. The average Bonchev–Trinajstić information content (AvgIpc) is 2.46. The van der Waals surface area contributed by atoms with Crippen molar-refractivity contribution < 1.29 is 30.3 Å². The fourth-order valence-electron chi connectivity index (χ4n) is 0.856. The molecule has 1 heterocycles. The highest BCUT2D eigenvalue weighted by Gasteiger charge is 2.28. The van der Waals surface area contributed by atoms with Gasteiger partial charge in [0.15, 0.2) is 5.78 Å². The van der Waals surface area contributed by atoms with Crippen LogP contribution in [-0.4, -0.2) is 72.8 Å². The van der Waals surface area contributed by atoms with Crippen LogP contribution in [0, 0.1) is 0 Å². The maximum Gasteiger partial charge on any atom is 0.189 e. The molecule has 0 saturated heterocycles. The summed E-state index contributed by atoms with van der Waals surface area (Å²) in [4.78, 5) is 18.0. The van der Waals surface area contributed by atoms with Crippen molar-refractivity contribution >= 4 is 5.78 Å². The maximum atomic E-state index is 10.5. The van der Waals surface area contributed by atoms with Gasteiger partial charge in [0.25, 0.3) is 0 Å². The van der Waals surface area contributed by atoms with Gasteiger partial charge in [-0.05, 0) is 0 Å². The van der Waals surface area contributed by atoms with Crippen LogP contribution in [0.4, 0.5) is 0 Å². The minimum atomic E-state index is -1.86. The molecule has 0 aliphatic heterocycles. The van der Waals surface area contributed by atoms with E-state index in [0.29, 0.717) is 0 Å². The third-order valence-electron chi connectivity index (χ3n) is 1.87. The summed E-state index contributed by atoms with van der Waals surface area (Å²) in [5.74, 6) is -1.00. The van der Waals surface area contributed by atoms with Crippen LogP contribution in [0.25, 0.3) is 0 Å². The number of aromatic nitrogens is 2. The molecule has 18 heavy (non-hydrogen) atoms. The molecule has 0 aliphatic rings. The Morgan fingerprint density at radius 3 is 1.72 bits per heavy atom. The fourth-order valence-corrected chi connectivity index (χ4v) is 0.856. The summed E-state index contributed by atoms with van der Waals surface area (Å²) in [5, 5.41) is 43.1. The zero-order valence-electron chi connectivity index (χ0n) is 9.49. The molecule has 3 atom stereocenters. The number of aliphatic hydroxyl groups excluding tert-OH is 5. The van der Waals surface area contributed by atoms with Gasteiger partial charge in [-0.15, -0.1) is 0 Å². The second-order valence-corrected chi connectivity index (χ2v) is 3.20. The highest BCUT2D eigenvalue weighted by molar-refractivity contribution is 5.84. The van der Waals surface area contributed by atoms with Crippen molar-refractivity contribution in [1.82, 2.24) is 9.97 Å². The van der Waals surface area contributed by atoms with E-state index in [-0.39, 0.29) is 0 Å². The summed E-state index contributed by atoms with van der Waals surface area (Å²) in [6.45, 7) is -1.69. The predicted molar refractivity (Wildman–Crippen MR) is 59.2 cm³/mol. The van der Waals surface area contributed by atoms with Crippen LogP contribution < -0.4 is 0 Å². The summed E-state index contributed by atoms with van der Waals surface area (Å²) < 4.78 is 0. The maximum absolute atomic E-state index is 10.5. The Bertz CT molecular complexity index is 297. The Balaban J connectivity index is 0.000000397. The van der Waals surface area contributed by atoms with Crippen molar-refractivity contribution in [2.24, 2.45) is 0 Å². The van der Waals surface area contributed by atoms with Gasteiger partial charge in [0.1, 0.15) is 24.9 Å². The zero-order chi connectivity index (χ0) is 14.0. The quantitative estimate of drug-likeness (QED) is 0.379. The van der Waals surface area contributed by atoms with Crippen LogP contribution in [0.1, 0.15) is 0 Å². The third kappa shape index (κ3) is 6.33. The first kappa shape index (κ1) is 16.6. The summed E-state index contributed by atoms with van der Waals surface area (Å²) in [7, 11) is 0. The Kier molecular flexibility index (Phi) is 8.80. The van der Waals surface area contributed by atoms with E-state index in [9.17, 15) is 4.79 Å². The monoisotopic (exact) mass is 260 g/mol. The Morgan fingerprint density at radius 2 is 1.44 bits per heavy atom. The molecule has 102 valence electrons. The SMILES string of the molecule is O=C(CO)C(O)C(O)C(O)CO.c1cnccn1. The average molecular weight is 260 g/mol. The number of rotatable bonds is 5. The number of ketones is 1. The lowest BCUT2D eigenvalue weighted by Gasteiger charge is -2.19. The molecule has 0 bridgehead atoms. The molecule has 0 spiro atoms. The first-order valence-electron chi connectivity index (χ1n) is 5.03. The van der Waals surface area contributed by atoms with Crippen molar-refractivity contribution in [3.8, 4) is 0 Å². The van der Waals surface area contributed by atoms with Crippen LogP contribution in [0.5, 0.6) is 0 Å². The molecule has 0 amide bonds. The van der Waals surface area contributed by atoms with E-state index in [4.69, 9.17) is 25.5 Å². The van der Waals surface area contributed by atoms with Gasteiger partial charge in [-0.25, -0.2) is 0 Å². The molecule has 0 radical (unpaired) electrons. The number of aliphatic hydroxyl groups is 5. The summed E-state index contributed by atoms with van der Waals surface area (Å²) in [6, 6.07) is 0. The zero-order valence-corrected chi connectivity index (χ0v) is 9.49. The van der Waals surface area contributed by atoms with E-state index in [1.807, 2.05) is 0 Å². The van der Waals surface area contributed by atoms with Crippen molar-refractivity contribution in [3.05, 3.63) is 24.8 Å². The molecule has 0 aromatic carbocycles. The van der Waals surface area contributed by atoms with Crippen molar-refractivity contribution in [3.63, 3.8) is 0 Å². The third-order valence-corrected chi connectivity index (χ3v) is 1.87. The lowest BCUT2D eigenvalue weighted by molar-refractivity contribution is -0.142. The van der Waals surface area contributed by atoms with Gasteiger partial charge in [-0.2, -0.15) is 0 Å². The normalized spacial score (nSPS) is 14.9. The largest absolute Gasteiger partial charge is 0.394 e. The smallest absolute Gasteiger partial charge is 0.189 e. The second kappa shape index (κ2) is 9.57. The number of hydrogen-bond donors (Lipinski definition) is 5. The van der Waals surface area contributed by atoms with Crippen molar-refractivity contribution in [2.75, 3.05) is 13.2 Å². The summed E-state index contributed by atoms with van der Waals surface area (Å²) in [6.07, 6.45) is 1.34. The molecule has 8 nitrogen and oxygen atoms in total. The number of Topliss-reactive ketones (excluding diaryl/α,β-unsaturated/α-hetero) is 1. The van der Waals surface area contributed by atoms with Gasteiger partial charge < -0.3 is 25.5 Å². The van der Waals surface area contributed by atoms with Crippen LogP contribution in [-0.2, 0) is 4.79 Å². The molecule has 1 rings (SSSR count). The number of hydrogen-bond acceptors (Lipinski definition) is 8. The molecule has 0 fully saturated rings. The summed E-state index contributed by atoms with van der Waals surface area (Å²) >= 11 is 0. The lowest BCUT2D eigenvalue weighted by Crippen LogP contribution is -2.44.